The molecule has 0 bridgehead atoms. The van der Waals surface area contributed by atoms with E-state index in [1.165, 1.54) is 9.75 Å². The Balaban J connectivity index is 1.44. The standard InChI is InChI=1S/C22H30N4O2S/c1-15(11-20-10-7-16(2)29-20)25-22(23-3)24-13-17-5-4-6-19(12-17)28-14-21(27)26-18-8-9-18/h4-7,10,12,15,18H,8-9,11,13-14H2,1-3H3,(H,26,27)(H2,23,24,25). The topological polar surface area (TPSA) is 74.8 Å². The molecule has 0 saturated heterocycles. The highest BCUT2D eigenvalue weighted by atomic mass is 32.1. The molecule has 1 aromatic heterocycles. The van der Waals surface area contributed by atoms with E-state index in [0.717, 1.165) is 30.8 Å². The number of nitrogens with one attached hydrogen (secondary N) is 3. The first-order valence-electron chi connectivity index (χ1n) is 10.1. The minimum absolute atomic E-state index is 0.0519. The first-order chi connectivity index (χ1) is 14.0. The molecule has 156 valence electrons. The first kappa shape index (κ1) is 21.2. The second-order valence-corrected chi connectivity index (χ2v) is 8.84. The summed E-state index contributed by atoms with van der Waals surface area (Å²) >= 11 is 1.83. The molecule has 1 fully saturated rings. The number of hydrogen-bond donors (Lipinski definition) is 3. The maximum Gasteiger partial charge on any atom is 0.258 e. The lowest BCUT2D eigenvalue weighted by atomic mass is 10.2. The van der Waals surface area contributed by atoms with E-state index < -0.39 is 0 Å². The van der Waals surface area contributed by atoms with Gasteiger partial charge in [-0.1, -0.05) is 12.1 Å². The average molecular weight is 415 g/mol. The van der Waals surface area contributed by atoms with Gasteiger partial charge < -0.3 is 20.7 Å². The molecule has 1 saturated carbocycles. The third-order valence-corrected chi connectivity index (χ3v) is 5.60. The number of thiophene rings is 1. The van der Waals surface area contributed by atoms with Gasteiger partial charge in [0.15, 0.2) is 12.6 Å². The Kier molecular flexibility index (Phi) is 7.52. The number of nitrogens with zero attached hydrogens (tertiary/aromatic N) is 1. The van der Waals surface area contributed by atoms with Gasteiger partial charge in [-0.15, -0.1) is 11.3 Å². The van der Waals surface area contributed by atoms with Crippen molar-refractivity contribution in [3.05, 3.63) is 51.7 Å². The van der Waals surface area contributed by atoms with Crippen LogP contribution < -0.4 is 20.7 Å². The molecule has 7 heteroatoms. The molecule has 3 N–H and O–H groups in total. The second-order valence-electron chi connectivity index (χ2n) is 7.47. The van der Waals surface area contributed by atoms with Crippen LogP contribution in [0.2, 0.25) is 0 Å². The summed E-state index contributed by atoms with van der Waals surface area (Å²) in [7, 11) is 1.77. The Hall–Kier alpha value is -2.54. The van der Waals surface area contributed by atoms with Crippen LogP contribution in [0.25, 0.3) is 0 Å². The third-order valence-electron chi connectivity index (χ3n) is 4.58. The minimum atomic E-state index is -0.0597. The van der Waals surface area contributed by atoms with Crippen molar-refractivity contribution >= 4 is 23.2 Å². The largest absolute Gasteiger partial charge is 0.484 e. The maximum absolute atomic E-state index is 11.8. The van der Waals surface area contributed by atoms with Gasteiger partial charge >= 0.3 is 0 Å². The zero-order valence-electron chi connectivity index (χ0n) is 17.3. The summed E-state index contributed by atoms with van der Waals surface area (Å²) < 4.78 is 5.62. The molecular formula is C22H30N4O2S. The molecule has 1 aromatic carbocycles. The van der Waals surface area contributed by atoms with Gasteiger partial charge in [0.25, 0.3) is 5.91 Å². The van der Waals surface area contributed by atoms with E-state index >= 15 is 0 Å². The van der Waals surface area contributed by atoms with Gasteiger partial charge in [-0.25, -0.2) is 0 Å². The summed E-state index contributed by atoms with van der Waals surface area (Å²) in [4.78, 5) is 18.8. The van der Waals surface area contributed by atoms with Crippen molar-refractivity contribution in [2.24, 2.45) is 4.99 Å². The van der Waals surface area contributed by atoms with Crippen LogP contribution in [0.5, 0.6) is 5.75 Å². The monoisotopic (exact) mass is 414 g/mol. The van der Waals surface area contributed by atoms with Crippen LogP contribution in [0.3, 0.4) is 0 Å². The number of benzene rings is 1. The minimum Gasteiger partial charge on any atom is -0.484 e. The predicted molar refractivity (Wildman–Crippen MR) is 119 cm³/mol. The van der Waals surface area contributed by atoms with Crippen molar-refractivity contribution in [3.63, 3.8) is 0 Å². The Bertz CT molecular complexity index is 845. The summed E-state index contributed by atoms with van der Waals surface area (Å²) in [6, 6.07) is 12.7. The van der Waals surface area contributed by atoms with Crippen LogP contribution in [0.1, 0.15) is 35.1 Å². The first-order valence-corrected chi connectivity index (χ1v) is 10.9. The number of carbonyl (C=O) groups excluding carboxylic acids is 1. The molecular weight excluding hydrogens is 384 g/mol. The molecule has 1 aliphatic rings. The molecule has 1 aliphatic carbocycles. The van der Waals surface area contributed by atoms with Crippen LogP contribution in [0, 0.1) is 6.92 Å². The van der Waals surface area contributed by atoms with E-state index in [-0.39, 0.29) is 18.6 Å². The lowest BCUT2D eigenvalue weighted by molar-refractivity contribution is -0.123. The van der Waals surface area contributed by atoms with Gasteiger partial charge in [0.2, 0.25) is 0 Å². The second kappa shape index (κ2) is 10.3. The molecule has 1 unspecified atom stereocenters. The lowest BCUT2D eigenvalue weighted by Gasteiger charge is -2.17. The number of amides is 1. The van der Waals surface area contributed by atoms with Crippen molar-refractivity contribution in [2.45, 2.75) is 51.7 Å². The molecule has 2 aromatic rings. The zero-order valence-corrected chi connectivity index (χ0v) is 18.1. The fourth-order valence-corrected chi connectivity index (χ4v) is 3.97. The zero-order chi connectivity index (χ0) is 20.6. The normalized spacial score (nSPS) is 14.9. The predicted octanol–water partition coefficient (Wildman–Crippen LogP) is 3.01. The van der Waals surface area contributed by atoms with Crippen LogP contribution in [0.4, 0.5) is 0 Å². The maximum atomic E-state index is 11.8. The molecule has 3 rings (SSSR count). The van der Waals surface area contributed by atoms with Gasteiger partial charge in [0.05, 0.1) is 0 Å². The highest BCUT2D eigenvalue weighted by Gasteiger charge is 2.23. The number of ether oxygens (including phenoxy) is 1. The summed E-state index contributed by atoms with van der Waals surface area (Å²) in [5.74, 6) is 1.40. The molecule has 0 radical (unpaired) electrons. The molecule has 1 amide bonds. The van der Waals surface area contributed by atoms with Crippen molar-refractivity contribution in [3.8, 4) is 5.75 Å². The van der Waals surface area contributed by atoms with Crippen LogP contribution in [0.15, 0.2) is 41.4 Å². The smallest absolute Gasteiger partial charge is 0.258 e. The van der Waals surface area contributed by atoms with E-state index in [1.807, 2.05) is 35.6 Å². The van der Waals surface area contributed by atoms with E-state index in [9.17, 15) is 4.79 Å². The number of aliphatic imine (C=N–C) groups is 1. The van der Waals surface area contributed by atoms with E-state index in [0.29, 0.717) is 18.3 Å². The van der Waals surface area contributed by atoms with Gasteiger partial charge in [-0.3, -0.25) is 9.79 Å². The van der Waals surface area contributed by atoms with Crippen LogP contribution >= 0.6 is 11.3 Å². The Morgan fingerprint density at radius 1 is 1.31 bits per heavy atom. The lowest BCUT2D eigenvalue weighted by Crippen LogP contribution is -2.42. The van der Waals surface area contributed by atoms with Crippen molar-refractivity contribution in [2.75, 3.05) is 13.7 Å². The fourth-order valence-electron chi connectivity index (χ4n) is 2.95. The van der Waals surface area contributed by atoms with Gasteiger partial charge in [0.1, 0.15) is 5.75 Å². The van der Waals surface area contributed by atoms with Crippen LogP contribution in [-0.2, 0) is 17.8 Å². The highest BCUT2D eigenvalue weighted by molar-refractivity contribution is 7.11. The Labute approximate surface area is 176 Å². The van der Waals surface area contributed by atoms with Crippen molar-refractivity contribution in [1.82, 2.24) is 16.0 Å². The third kappa shape index (κ3) is 7.42. The number of aryl methyl sites for hydroxylation is 1. The van der Waals surface area contributed by atoms with E-state index in [1.54, 1.807) is 7.05 Å². The SMILES string of the molecule is CN=C(NCc1cccc(OCC(=O)NC2CC2)c1)NC(C)Cc1ccc(C)s1. The molecule has 29 heavy (non-hydrogen) atoms. The van der Waals surface area contributed by atoms with Gasteiger partial charge in [0, 0.05) is 41.9 Å². The van der Waals surface area contributed by atoms with Crippen molar-refractivity contribution < 1.29 is 9.53 Å². The summed E-state index contributed by atoms with van der Waals surface area (Å²) in [5, 5.41) is 9.70. The highest BCUT2D eigenvalue weighted by Crippen LogP contribution is 2.19. The molecule has 1 atom stereocenters. The number of guanidine groups is 1. The number of hydrogen-bond acceptors (Lipinski definition) is 4. The van der Waals surface area contributed by atoms with Crippen LogP contribution in [-0.4, -0.2) is 37.6 Å². The van der Waals surface area contributed by atoms with Gasteiger partial charge in [-0.05, 0) is 56.5 Å². The summed E-state index contributed by atoms with van der Waals surface area (Å²) in [6.07, 6.45) is 3.12. The van der Waals surface area contributed by atoms with E-state index in [4.69, 9.17) is 4.74 Å². The Morgan fingerprint density at radius 3 is 2.83 bits per heavy atom. The fraction of sp³-hybridized carbons (Fsp3) is 0.455. The van der Waals surface area contributed by atoms with Crippen molar-refractivity contribution in [1.29, 1.82) is 0 Å². The quantitative estimate of drug-likeness (QED) is 0.436. The molecule has 0 spiro atoms. The van der Waals surface area contributed by atoms with E-state index in [2.05, 4.69) is 46.9 Å². The summed E-state index contributed by atoms with van der Waals surface area (Å²) in [5.41, 5.74) is 1.06. The average Bonchev–Trinajstić information content (AvgIpc) is 3.43. The molecule has 0 aliphatic heterocycles. The summed E-state index contributed by atoms with van der Waals surface area (Å²) in [6.45, 7) is 4.96. The number of carbonyl (C=O) groups is 1. The molecule has 1 heterocycles. The number of rotatable bonds is 9. The Morgan fingerprint density at radius 2 is 2.14 bits per heavy atom. The molecule has 6 nitrogen and oxygen atoms in total. The van der Waals surface area contributed by atoms with Gasteiger partial charge in [-0.2, -0.15) is 0 Å².